The summed E-state index contributed by atoms with van der Waals surface area (Å²) >= 11 is 0. The SMILES string of the molecule is C=C(NC1CCN(CCOCCCC2(C#N)CCCC(C)(C)C2)CC1)/C(C(=C)c1ccc(CC2C=CCC=CC2)cc1)=C(N)\N=C/C. The molecule has 0 aromatic heterocycles. The van der Waals surface area contributed by atoms with Crippen LogP contribution in [0.2, 0.25) is 0 Å². The van der Waals surface area contributed by atoms with Crippen molar-refractivity contribution in [3.05, 3.63) is 89.9 Å². The van der Waals surface area contributed by atoms with Crippen LogP contribution in [-0.2, 0) is 11.2 Å². The third-order valence-electron chi connectivity index (χ3n) is 10.2. The number of nitrogens with one attached hydrogen (secondary N) is 1. The summed E-state index contributed by atoms with van der Waals surface area (Å²) in [6, 6.07) is 11.7. The predicted octanol–water partition coefficient (Wildman–Crippen LogP) is 8.50. The van der Waals surface area contributed by atoms with E-state index in [1.54, 1.807) is 6.21 Å². The van der Waals surface area contributed by atoms with Crippen molar-refractivity contribution >= 4 is 11.8 Å². The van der Waals surface area contributed by atoms with Crippen LogP contribution in [-0.4, -0.2) is 50.0 Å². The van der Waals surface area contributed by atoms with Gasteiger partial charge >= 0.3 is 0 Å². The number of piperidine rings is 1. The van der Waals surface area contributed by atoms with E-state index in [4.69, 9.17) is 10.5 Å². The zero-order valence-electron chi connectivity index (χ0n) is 29.4. The highest BCUT2D eigenvalue weighted by molar-refractivity contribution is 5.83. The molecule has 1 aromatic carbocycles. The fraction of sp³-hybridized carbons (Fsp3) is 0.561. The van der Waals surface area contributed by atoms with Crippen LogP contribution in [0.25, 0.3) is 5.57 Å². The third kappa shape index (κ3) is 11.1. The maximum Gasteiger partial charge on any atom is 0.132 e. The Balaban J connectivity index is 1.21. The van der Waals surface area contributed by atoms with Gasteiger partial charge in [-0.2, -0.15) is 5.26 Å². The van der Waals surface area contributed by atoms with E-state index in [9.17, 15) is 5.26 Å². The first-order valence-electron chi connectivity index (χ1n) is 17.9. The normalized spacial score (nSPS) is 24.0. The molecule has 0 spiro atoms. The first-order valence-corrected chi connectivity index (χ1v) is 17.9. The first kappa shape index (κ1) is 36.4. The number of hydrogen-bond acceptors (Lipinski definition) is 6. The monoisotopic (exact) mass is 637 g/mol. The summed E-state index contributed by atoms with van der Waals surface area (Å²) < 4.78 is 6.03. The minimum atomic E-state index is -0.159. The number of nitrogens with zero attached hydrogens (tertiary/aromatic N) is 3. The molecule has 0 bridgehead atoms. The van der Waals surface area contributed by atoms with Gasteiger partial charge in [0.05, 0.1) is 18.1 Å². The van der Waals surface area contributed by atoms with Crippen LogP contribution in [0.5, 0.6) is 0 Å². The Kier molecular flexibility index (Phi) is 13.7. The lowest BCUT2D eigenvalue weighted by molar-refractivity contribution is 0.0736. The second-order valence-corrected chi connectivity index (χ2v) is 14.7. The van der Waals surface area contributed by atoms with Crippen LogP contribution in [0.3, 0.4) is 0 Å². The standard InChI is InChI=1S/C41H59N5O/c1-6-44-39(43)38(32(2)36-17-15-35(16-18-36)29-34-13-9-7-8-10-14-34)33(3)45-37-19-24-46(25-20-37)26-28-47-27-12-23-41(31-42)22-11-21-40(4,5)30-41/h6-7,9-10,14-18,34,37,45H,2-3,8,11-13,19-30,43H2,1,4-5H3/b39-38-,44-6-. The van der Waals surface area contributed by atoms with Crippen molar-refractivity contribution in [2.24, 2.45) is 27.5 Å². The highest BCUT2D eigenvalue weighted by Crippen LogP contribution is 2.48. The molecule has 254 valence electrons. The molecule has 1 saturated heterocycles. The molecule has 2 unspecified atom stereocenters. The van der Waals surface area contributed by atoms with Crippen molar-refractivity contribution in [1.29, 1.82) is 5.26 Å². The topological polar surface area (TPSA) is 86.7 Å². The van der Waals surface area contributed by atoms with E-state index < -0.39 is 0 Å². The highest BCUT2D eigenvalue weighted by Gasteiger charge is 2.39. The third-order valence-corrected chi connectivity index (χ3v) is 10.2. The van der Waals surface area contributed by atoms with E-state index in [0.29, 0.717) is 17.8 Å². The van der Waals surface area contributed by atoms with Gasteiger partial charge in [-0.3, -0.25) is 0 Å². The van der Waals surface area contributed by atoms with Crippen molar-refractivity contribution in [3.8, 4) is 6.07 Å². The number of ether oxygens (including phenoxy) is 1. The van der Waals surface area contributed by atoms with Gasteiger partial charge < -0.3 is 20.7 Å². The number of nitrogens with two attached hydrogens (primary N) is 1. The van der Waals surface area contributed by atoms with Crippen molar-refractivity contribution in [2.45, 2.75) is 97.4 Å². The molecule has 2 fully saturated rings. The summed E-state index contributed by atoms with van der Waals surface area (Å²) in [5.41, 5.74) is 11.3. The highest BCUT2D eigenvalue weighted by atomic mass is 16.5. The second kappa shape index (κ2) is 17.7. The van der Waals surface area contributed by atoms with Crippen LogP contribution in [0.1, 0.15) is 96.1 Å². The maximum atomic E-state index is 9.92. The smallest absolute Gasteiger partial charge is 0.132 e. The molecular weight excluding hydrogens is 578 g/mol. The number of allylic oxidation sites excluding steroid dienone is 5. The van der Waals surface area contributed by atoms with Gasteiger partial charge in [-0.15, -0.1) is 0 Å². The van der Waals surface area contributed by atoms with Crippen LogP contribution in [0.15, 0.2) is 83.8 Å². The van der Waals surface area contributed by atoms with E-state index in [2.05, 4.69) is 96.9 Å². The van der Waals surface area contributed by atoms with Crippen molar-refractivity contribution in [2.75, 3.05) is 32.8 Å². The summed E-state index contributed by atoms with van der Waals surface area (Å²) in [5, 5.41) is 13.6. The van der Waals surface area contributed by atoms with E-state index in [1.807, 2.05) is 6.92 Å². The van der Waals surface area contributed by atoms with E-state index in [0.717, 1.165) is 119 Å². The van der Waals surface area contributed by atoms with Gasteiger partial charge in [-0.25, -0.2) is 4.99 Å². The molecule has 1 aliphatic heterocycles. The van der Waals surface area contributed by atoms with Gasteiger partial charge in [-0.1, -0.05) is 82.0 Å². The second-order valence-electron chi connectivity index (χ2n) is 14.7. The molecular formula is C41H59N5O. The molecule has 1 heterocycles. The molecule has 6 nitrogen and oxygen atoms in total. The number of benzene rings is 1. The van der Waals surface area contributed by atoms with Crippen LogP contribution in [0, 0.1) is 28.1 Å². The molecule has 1 saturated carbocycles. The summed E-state index contributed by atoms with van der Waals surface area (Å²) in [6.45, 7) is 19.8. The lowest BCUT2D eigenvalue weighted by Gasteiger charge is -2.40. The fourth-order valence-corrected chi connectivity index (χ4v) is 7.72. The van der Waals surface area contributed by atoms with Crippen molar-refractivity contribution < 1.29 is 4.74 Å². The molecule has 2 aliphatic carbocycles. The minimum Gasteiger partial charge on any atom is -0.383 e. The Morgan fingerprint density at radius 1 is 1.13 bits per heavy atom. The van der Waals surface area contributed by atoms with Crippen molar-refractivity contribution in [3.63, 3.8) is 0 Å². The summed E-state index contributed by atoms with van der Waals surface area (Å²) in [4.78, 5) is 6.90. The van der Waals surface area contributed by atoms with Crippen LogP contribution >= 0.6 is 0 Å². The fourth-order valence-electron chi connectivity index (χ4n) is 7.72. The lowest BCUT2D eigenvalue weighted by Crippen LogP contribution is -2.43. The summed E-state index contributed by atoms with van der Waals surface area (Å²) in [5.74, 6) is 0.967. The van der Waals surface area contributed by atoms with Gasteiger partial charge in [0.25, 0.3) is 0 Å². The zero-order valence-corrected chi connectivity index (χ0v) is 29.4. The minimum absolute atomic E-state index is 0.159. The molecule has 6 heteroatoms. The van der Waals surface area contributed by atoms with E-state index >= 15 is 0 Å². The molecule has 1 aromatic rings. The van der Waals surface area contributed by atoms with Crippen LogP contribution in [0.4, 0.5) is 0 Å². The quantitative estimate of drug-likeness (QED) is 0.0872. The average molecular weight is 638 g/mol. The van der Waals surface area contributed by atoms with Crippen molar-refractivity contribution in [1.82, 2.24) is 10.2 Å². The number of hydrogen-bond donors (Lipinski definition) is 2. The zero-order chi connectivity index (χ0) is 33.7. The number of rotatable bonds is 15. The van der Waals surface area contributed by atoms with Crippen LogP contribution < -0.4 is 11.1 Å². The summed E-state index contributed by atoms with van der Waals surface area (Å²) in [7, 11) is 0. The Morgan fingerprint density at radius 2 is 1.89 bits per heavy atom. The Hall–Kier alpha value is -3.40. The number of likely N-dealkylation sites (tertiary alicyclic amines) is 1. The molecule has 4 rings (SSSR count). The molecule has 3 N–H and O–H groups in total. The largest absolute Gasteiger partial charge is 0.383 e. The van der Waals surface area contributed by atoms with Gasteiger partial charge in [0.15, 0.2) is 0 Å². The van der Waals surface area contributed by atoms with Gasteiger partial charge in [0.2, 0.25) is 0 Å². The number of aliphatic imine (C=N–C) groups is 1. The van der Waals surface area contributed by atoms with Gasteiger partial charge in [-0.05, 0) is 99.2 Å². The molecule has 0 radical (unpaired) electrons. The van der Waals surface area contributed by atoms with Gasteiger partial charge in [0.1, 0.15) is 5.82 Å². The Labute approximate surface area is 285 Å². The molecule has 0 amide bonds. The van der Waals surface area contributed by atoms with Gasteiger partial charge in [0, 0.05) is 49.8 Å². The Morgan fingerprint density at radius 3 is 2.60 bits per heavy atom. The molecule has 3 aliphatic rings. The van der Waals surface area contributed by atoms with E-state index in [-0.39, 0.29) is 10.8 Å². The number of nitriles is 1. The van der Waals surface area contributed by atoms with E-state index in [1.165, 1.54) is 12.0 Å². The predicted molar refractivity (Wildman–Crippen MR) is 198 cm³/mol. The summed E-state index contributed by atoms with van der Waals surface area (Å²) in [6.07, 6.45) is 22.4. The molecule has 47 heavy (non-hydrogen) atoms. The lowest BCUT2D eigenvalue weighted by atomic mass is 9.62. The Bertz CT molecular complexity index is 1350. The molecule has 2 atom stereocenters. The average Bonchev–Trinajstić information content (AvgIpc) is 3.32. The maximum absolute atomic E-state index is 9.92. The first-order chi connectivity index (χ1) is 22.6.